The predicted molar refractivity (Wildman–Crippen MR) is 130 cm³/mol. The largest absolute Gasteiger partial charge is 0.445 e. The molecular weight excluding hydrogens is 446 g/mol. The SMILES string of the molecule is C=CCOC(=O)N1CCC2(CC1)CC(n1cc(C3CC3)c3cc(N4CCC(=O)NC4=O)cnc31)C2. The minimum absolute atomic E-state index is 0.233. The number of ether oxygens (including phenoxy) is 1. The Hall–Kier alpha value is -3.36. The van der Waals surface area contributed by atoms with Crippen LogP contribution in [0.5, 0.6) is 0 Å². The zero-order valence-electron chi connectivity index (χ0n) is 19.9. The van der Waals surface area contributed by atoms with Crippen molar-refractivity contribution in [2.75, 3.05) is 31.1 Å². The maximum atomic E-state index is 12.4. The van der Waals surface area contributed by atoms with Gasteiger partial charge in [0.25, 0.3) is 0 Å². The number of rotatable bonds is 5. The summed E-state index contributed by atoms with van der Waals surface area (Å²) in [6, 6.07) is 2.10. The molecule has 0 unspecified atom stereocenters. The van der Waals surface area contributed by atoms with E-state index in [4.69, 9.17) is 9.72 Å². The molecule has 2 aliphatic carbocycles. The topological polar surface area (TPSA) is 96.8 Å². The van der Waals surface area contributed by atoms with E-state index in [-0.39, 0.29) is 30.1 Å². The lowest BCUT2D eigenvalue weighted by Crippen LogP contribution is -2.49. The van der Waals surface area contributed by atoms with E-state index in [9.17, 15) is 14.4 Å². The van der Waals surface area contributed by atoms with Crippen molar-refractivity contribution in [3.8, 4) is 0 Å². The Balaban J connectivity index is 1.19. The second-order valence-electron chi connectivity index (χ2n) is 10.5. The van der Waals surface area contributed by atoms with Crippen LogP contribution in [0, 0.1) is 5.41 Å². The molecule has 4 heterocycles. The minimum Gasteiger partial charge on any atom is -0.445 e. The van der Waals surface area contributed by atoms with Crippen molar-refractivity contribution in [3.63, 3.8) is 0 Å². The van der Waals surface area contributed by atoms with Gasteiger partial charge >= 0.3 is 12.1 Å². The molecular formula is C26H31N5O4. The number of carbonyl (C=O) groups excluding carboxylic acids is 3. The van der Waals surface area contributed by atoms with Gasteiger partial charge in [0.1, 0.15) is 12.3 Å². The number of nitrogens with zero attached hydrogens (tertiary/aromatic N) is 4. The number of anilines is 1. The third-order valence-corrected chi connectivity index (χ3v) is 8.21. The number of piperidine rings is 1. The van der Waals surface area contributed by atoms with Gasteiger partial charge in [0, 0.05) is 43.7 Å². The van der Waals surface area contributed by atoms with Crippen LogP contribution >= 0.6 is 0 Å². The van der Waals surface area contributed by atoms with Crippen LogP contribution in [0.1, 0.15) is 62.5 Å². The van der Waals surface area contributed by atoms with E-state index < -0.39 is 0 Å². The first-order chi connectivity index (χ1) is 17.0. The molecule has 184 valence electrons. The van der Waals surface area contributed by atoms with E-state index in [1.807, 2.05) is 4.90 Å². The molecule has 0 atom stereocenters. The van der Waals surface area contributed by atoms with Crippen LogP contribution in [-0.2, 0) is 9.53 Å². The molecule has 4 aliphatic rings. The Morgan fingerprint density at radius 2 is 2.00 bits per heavy atom. The number of hydrogen-bond acceptors (Lipinski definition) is 5. The number of aromatic nitrogens is 2. The number of fused-ring (bicyclic) bond motifs is 1. The molecule has 9 nitrogen and oxygen atoms in total. The van der Waals surface area contributed by atoms with E-state index in [2.05, 4.69) is 28.7 Å². The highest BCUT2D eigenvalue weighted by Crippen LogP contribution is 2.56. The highest BCUT2D eigenvalue weighted by Gasteiger charge is 2.48. The average Bonchev–Trinajstić information content (AvgIpc) is 3.61. The van der Waals surface area contributed by atoms with Gasteiger partial charge in [0.15, 0.2) is 0 Å². The molecule has 1 spiro atoms. The maximum Gasteiger partial charge on any atom is 0.410 e. The number of urea groups is 1. The summed E-state index contributed by atoms with van der Waals surface area (Å²) >= 11 is 0. The summed E-state index contributed by atoms with van der Waals surface area (Å²) in [6.07, 6.45) is 12.3. The van der Waals surface area contributed by atoms with Crippen molar-refractivity contribution in [3.05, 3.63) is 36.7 Å². The molecule has 4 fully saturated rings. The van der Waals surface area contributed by atoms with E-state index in [0.29, 0.717) is 24.9 Å². The van der Waals surface area contributed by atoms with Gasteiger partial charge in [-0.3, -0.25) is 15.0 Å². The van der Waals surface area contributed by atoms with Crippen LogP contribution in [0.2, 0.25) is 0 Å². The summed E-state index contributed by atoms with van der Waals surface area (Å²) in [4.78, 5) is 44.3. The monoisotopic (exact) mass is 477 g/mol. The third-order valence-electron chi connectivity index (χ3n) is 8.21. The molecule has 6 rings (SSSR count). The lowest BCUT2D eigenvalue weighted by molar-refractivity contribution is -0.120. The van der Waals surface area contributed by atoms with Crippen molar-refractivity contribution in [1.82, 2.24) is 19.8 Å². The van der Waals surface area contributed by atoms with Crippen LogP contribution in [0.3, 0.4) is 0 Å². The zero-order valence-corrected chi connectivity index (χ0v) is 19.9. The first-order valence-corrected chi connectivity index (χ1v) is 12.6. The number of carbonyl (C=O) groups is 3. The summed E-state index contributed by atoms with van der Waals surface area (Å²) < 4.78 is 7.55. The van der Waals surface area contributed by atoms with E-state index in [1.165, 1.54) is 18.4 Å². The Bertz CT molecular complexity index is 1200. The highest BCUT2D eigenvalue weighted by molar-refractivity contribution is 6.06. The second-order valence-corrected chi connectivity index (χ2v) is 10.5. The van der Waals surface area contributed by atoms with E-state index in [1.54, 1.807) is 17.2 Å². The Labute approximate surface area is 204 Å². The van der Waals surface area contributed by atoms with Crippen LogP contribution in [-0.4, -0.2) is 58.7 Å². The molecule has 0 aromatic carbocycles. The van der Waals surface area contributed by atoms with Gasteiger partial charge in [-0.1, -0.05) is 12.7 Å². The normalized spacial score (nSPS) is 22.3. The van der Waals surface area contributed by atoms with Crippen molar-refractivity contribution in [2.45, 2.75) is 56.9 Å². The van der Waals surface area contributed by atoms with Gasteiger partial charge in [-0.2, -0.15) is 0 Å². The highest BCUT2D eigenvalue weighted by atomic mass is 16.6. The Morgan fingerprint density at radius 3 is 2.69 bits per heavy atom. The fraction of sp³-hybridized carbons (Fsp3) is 0.538. The molecule has 9 heteroatoms. The fourth-order valence-electron chi connectivity index (χ4n) is 6.03. The van der Waals surface area contributed by atoms with Gasteiger partial charge in [-0.25, -0.2) is 14.6 Å². The summed E-state index contributed by atoms with van der Waals surface area (Å²) in [5.74, 6) is 0.329. The standard InChI is InChI=1S/C26H31N5O4/c1-2-11-35-25(34)29-9-6-26(7-10-29)13-19(14-26)31-16-21(17-3-4-17)20-12-18(15-27-23(20)31)30-8-5-22(32)28-24(30)33/h2,12,15-17,19H,1,3-11,13-14H2,(H,28,32,33). The first kappa shape index (κ1) is 22.1. The van der Waals surface area contributed by atoms with Gasteiger partial charge in [-0.15, -0.1) is 0 Å². The van der Waals surface area contributed by atoms with Crippen LogP contribution in [0.4, 0.5) is 15.3 Å². The molecule has 35 heavy (non-hydrogen) atoms. The summed E-state index contributed by atoms with van der Waals surface area (Å²) in [6.45, 7) is 5.71. The number of imide groups is 1. The number of hydrogen-bond donors (Lipinski definition) is 1. The van der Waals surface area contributed by atoms with Crippen molar-refractivity contribution < 1.29 is 19.1 Å². The lowest BCUT2D eigenvalue weighted by atomic mass is 9.60. The second kappa shape index (κ2) is 8.39. The molecule has 0 bridgehead atoms. The van der Waals surface area contributed by atoms with Gasteiger partial charge in [-0.05, 0) is 61.5 Å². The molecule has 0 radical (unpaired) electrons. The fourth-order valence-corrected chi connectivity index (χ4v) is 6.03. The minimum atomic E-state index is -0.379. The van der Waals surface area contributed by atoms with E-state index in [0.717, 1.165) is 55.5 Å². The predicted octanol–water partition coefficient (Wildman–Crippen LogP) is 4.10. The number of pyridine rings is 1. The van der Waals surface area contributed by atoms with Crippen molar-refractivity contribution in [1.29, 1.82) is 0 Å². The number of amides is 4. The summed E-state index contributed by atoms with van der Waals surface area (Å²) in [5, 5.41) is 3.52. The van der Waals surface area contributed by atoms with Crippen LogP contribution in [0.25, 0.3) is 11.0 Å². The maximum absolute atomic E-state index is 12.4. The average molecular weight is 478 g/mol. The van der Waals surface area contributed by atoms with Crippen molar-refractivity contribution >= 4 is 34.8 Å². The smallest absolute Gasteiger partial charge is 0.410 e. The zero-order chi connectivity index (χ0) is 24.2. The van der Waals surface area contributed by atoms with Gasteiger partial charge in [0.2, 0.25) is 5.91 Å². The number of nitrogens with one attached hydrogen (secondary N) is 1. The summed E-state index contributed by atoms with van der Waals surface area (Å²) in [7, 11) is 0. The third kappa shape index (κ3) is 3.96. The van der Waals surface area contributed by atoms with Crippen molar-refractivity contribution in [2.24, 2.45) is 5.41 Å². The molecule has 1 N–H and O–H groups in total. The Morgan fingerprint density at radius 1 is 1.23 bits per heavy atom. The van der Waals surface area contributed by atoms with Gasteiger partial charge in [0.05, 0.1) is 11.9 Å². The lowest BCUT2D eigenvalue weighted by Gasteiger charge is -2.52. The summed E-state index contributed by atoms with van der Waals surface area (Å²) in [5.41, 5.74) is 3.33. The quantitative estimate of drug-likeness (QED) is 0.654. The van der Waals surface area contributed by atoms with Gasteiger partial charge < -0.3 is 14.2 Å². The molecule has 2 saturated carbocycles. The Kier molecular flexibility index (Phi) is 5.30. The van der Waals surface area contributed by atoms with Crippen LogP contribution in [0.15, 0.2) is 31.1 Å². The molecule has 2 saturated heterocycles. The van der Waals surface area contributed by atoms with Crippen LogP contribution < -0.4 is 10.2 Å². The molecule has 2 aromatic rings. The molecule has 2 aromatic heterocycles. The molecule has 2 aliphatic heterocycles. The first-order valence-electron chi connectivity index (χ1n) is 12.6. The molecule has 4 amide bonds. The van der Waals surface area contributed by atoms with E-state index >= 15 is 0 Å². The number of likely N-dealkylation sites (tertiary alicyclic amines) is 1.